The molecule has 0 aliphatic carbocycles. The highest BCUT2D eigenvalue weighted by Crippen LogP contribution is 2.43. The normalized spacial score (nSPS) is 13.2. The van der Waals surface area contributed by atoms with Crippen LogP contribution in [0.2, 0.25) is 0 Å². The van der Waals surface area contributed by atoms with Crippen LogP contribution in [0.5, 0.6) is 11.5 Å². The summed E-state index contributed by atoms with van der Waals surface area (Å²) in [5, 5.41) is 5.43. The van der Waals surface area contributed by atoms with Gasteiger partial charge in [-0.3, -0.25) is 0 Å². The molecule has 0 saturated heterocycles. The fourth-order valence-electron chi connectivity index (χ4n) is 8.11. The van der Waals surface area contributed by atoms with Gasteiger partial charge in [-0.2, -0.15) is 0 Å². The molecule has 2 heterocycles. The molecule has 0 fully saturated rings. The van der Waals surface area contributed by atoms with Crippen molar-refractivity contribution in [1.82, 2.24) is 0 Å². The number of fused-ring (bicyclic) bond motifs is 8. The molecule has 0 atom stereocenters. The van der Waals surface area contributed by atoms with Crippen molar-refractivity contribution in [1.29, 1.82) is 0 Å². The topological polar surface area (TPSA) is 12.5 Å². The number of nitrogens with zero attached hydrogens (tertiary/aromatic N) is 1. The Morgan fingerprint density at radius 2 is 0.846 bits per heavy atom. The average molecular weight is 700 g/mol. The molecule has 2 aliphatic rings. The highest BCUT2D eigenvalue weighted by molar-refractivity contribution is 8.00. The zero-order valence-corrected chi connectivity index (χ0v) is 30.1. The number of benzene rings is 8. The van der Waals surface area contributed by atoms with Crippen LogP contribution in [0.1, 0.15) is 0 Å². The molecule has 0 N–H and O–H groups in total. The molecule has 246 valence electrons. The Morgan fingerprint density at radius 3 is 1.46 bits per heavy atom. The van der Waals surface area contributed by atoms with Crippen LogP contribution in [-0.2, 0) is 0 Å². The molecule has 8 aromatic carbocycles. The second-order valence-electron chi connectivity index (χ2n) is 13.3. The lowest BCUT2D eigenvalue weighted by Crippen LogP contribution is -2.77. The highest BCUT2D eigenvalue weighted by atomic mass is 32.2. The molecule has 0 unspecified atom stereocenters. The van der Waals surface area contributed by atoms with Crippen molar-refractivity contribution in [2.45, 2.75) is 9.79 Å². The number of hydrogen-bond donors (Lipinski definition) is 0. The van der Waals surface area contributed by atoms with Gasteiger partial charge in [-0.15, -0.1) is 0 Å². The molecule has 8 aromatic rings. The molecule has 0 amide bonds. The maximum absolute atomic E-state index is 6.98. The van der Waals surface area contributed by atoms with Crippen LogP contribution in [-0.4, -0.2) is 8.07 Å². The maximum atomic E-state index is 6.98. The van der Waals surface area contributed by atoms with Crippen molar-refractivity contribution in [3.63, 3.8) is 0 Å². The van der Waals surface area contributed by atoms with Crippen LogP contribution in [0, 0.1) is 0 Å². The largest absolute Gasteiger partial charge is 0.457 e. The standard InChI is InChI=1S/C48H33NOSSi/c1-4-16-34(17-5-1)36-30-37(35-18-6-2-7-19-35)32-40(31-36)49(38-20-8-3-9-21-38)39-28-29-46-42(33-39)50-41-22-10-13-25-45(41)52(46)47-26-14-11-23-43(47)51-44-24-12-15-27-48(44)52/h1-33H. The van der Waals surface area contributed by atoms with Crippen LogP contribution in [0.4, 0.5) is 17.1 Å². The third kappa shape index (κ3) is 4.95. The summed E-state index contributed by atoms with van der Waals surface area (Å²) in [6.45, 7) is 0. The van der Waals surface area contributed by atoms with Gasteiger partial charge in [-0.25, -0.2) is 0 Å². The highest BCUT2D eigenvalue weighted by Gasteiger charge is 2.52. The monoisotopic (exact) mass is 699 g/mol. The first-order valence-electron chi connectivity index (χ1n) is 17.7. The molecule has 0 bridgehead atoms. The number of hydrogen-bond acceptors (Lipinski definition) is 3. The first-order valence-corrected chi connectivity index (χ1v) is 20.5. The average Bonchev–Trinajstić information content (AvgIpc) is 3.22. The van der Waals surface area contributed by atoms with Gasteiger partial charge < -0.3 is 9.64 Å². The molecule has 0 saturated carbocycles. The van der Waals surface area contributed by atoms with E-state index in [-0.39, 0.29) is 0 Å². The van der Waals surface area contributed by atoms with Crippen molar-refractivity contribution < 1.29 is 4.74 Å². The number of anilines is 3. The molecule has 4 heteroatoms. The lowest BCUT2D eigenvalue weighted by Gasteiger charge is -2.43. The van der Waals surface area contributed by atoms with Crippen LogP contribution < -0.4 is 30.4 Å². The summed E-state index contributed by atoms with van der Waals surface area (Å²) in [7, 11) is -2.74. The van der Waals surface area contributed by atoms with Crippen molar-refractivity contribution >= 4 is 57.6 Å². The second kappa shape index (κ2) is 12.6. The van der Waals surface area contributed by atoms with E-state index in [2.05, 4.69) is 205 Å². The number of para-hydroxylation sites is 2. The summed E-state index contributed by atoms with van der Waals surface area (Å²) in [5.41, 5.74) is 7.91. The fraction of sp³-hybridized carbons (Fsp3) is 0. The van der Waals surface area contributed by atoms with Gasteiger partial charge in [0.05, 0.1) is 0 Å². The van der Waals surface area contributed by atoms with Crippen molar-refractivity contribution in [3.05, 3.63) is 200 Å². The first-order chi connectivity index (χ1) is 25.8. The molecule has 52 heavy (non-hydrogen) atoms. The zero-order valence-electron chi connectivity index (χ0n) is 28.3. The second-order valence-corrected chi connectivity index (χ2v) is 18.0. The van der Waals surface area contributed by atoms with E-state index >= 15 is 0 Å². The molecule has 2 nitrogen and oxygen atoms in total. The predicted octanol–water partition coefficient (Wildman–Crippen LogP) is 10.4. The quantitative estimate of drug-likeness (QED) is 0.166. The van der Waals surface area contributed by atoms with Gasteiger partial charge in [-0.1, -0.05) is 151 Å². The van der Waals surface area contributed by atoms with Gasteiger partial charge in [0, 0.05) is 32.9 Å². The van der Waals surface area contributed by atoms with Crippen molar-refractivity contribution in [2.24, 2.45) is 0 Å². The van der Waals surface area contributed by atoms with Gasteiger partial charge in [0.1, 0.15) is 11.5 Å². The number of ether oxygens (including phenoxy) is 1. The summed E-state index contributed by atoms with van der Waals surface area (Å²) in [6, 6.07) is 72.7. The van der Waals surface area contributed by atoms with Gasteiger partial charge in [-0.05, 0) is 97.6 Å². The first kappa shape index (κ1) is 30.7. The van der Waals surface area contributed by atoms with Crippen LogP contribution in [0.25, 0.3) is 22.3 Å². The molecular weight excluding hydrogens is 667 g/mol. The van der Waals surface area contributed by atoms with E-state index in [0.29, 0.717) is 0 Å². The molecule has 10 rings (SSSR count). The van der Waals surface area contributed by atoms with Crippen LogP contribution in [0.15, 0.2) is 210 Å². The van der Waals surface area contributed by atoms with Crippen LogP contribution >= 0.6 is 11.8 Å². The van der Waals surface area contributed by atoms with Crippen molar-refractivity contribution in [2.75, 3.05) is 4.90 Å². The minimum absolute atomic E-state index is 0.919. The molecular formula is C48H33NOSSi. The Hall–Kier alpha value is -6.07. The fourth-order valence-corrected chi connectivity index (χ4v) is 15.2. The van der Waals surface area contributed by atoms with Crippen LogP contribution in [0.3, 0.4) is 0 Å². The third-order valence-electron chi connectivity index (χ3n) is 10.3. The van der Waals surface area contributed by atoms with E-state index in [0.717, 1.165) is 28.6 Å². The van der Waals surface area contributed by atoms with Gasteiger partial charge in [0.15, 0.2) is 8.07 Å². The summed E-state index contributed by atoms with van der Waals surface area (Å²) in [5.74, 6) is 1.86. The summed E-state index contributed by atoms with van der Waals surface area (Å²) < 4.78 is 6.98. The van der Waals surface area contributed by atoms with Crippen molar-refractivity contribution in [3.8, 4) is 33.8 Å². The zero-order chi connectivity index (χ0) is 34.5. The Bertz CT molecular complexity index is 2470. The van der Waals surface area contributed by atoms with E-state index in [1.54, 1.807) is 0 Å². The maximum Gasteiger partial charge on any atom is 0.190 e. The third-order valence-corrected chi connectivity index (χ3v) is 16.8. The van der Waals surface area contributed by atoms with E-state index < -0.39 is 8.07 Å². The van der Waals surface area contributed by atoms with Gasteiger partial charge >= 0.3 is 0 Å². The molecule has 0 aromatic heterocycles. The molecule has 2 aliphatic heterocycles. The summed E-state index contributed by atoms with van der Waals surface area (Å²) in [6.07, 6.45) is 0. The minimum atomic E-state index is -2.74. The lowest BCUT2D eigenvalue weighted by molar-refractivity contribution is 0.487. The summed E-state index contributed by atoms with van der Waals surface area (Å²) in [4.78, 5) is 5.03. The smallest absolute Gasteiger partial charge is 0.190 e. The Morgan fingerprint density at radius 1 is 0.346 bits per heavy atom. The summed E-state index contributed by atoms with van der Waals surface area (Å²) >= 11 is 1.89. The van der Waals surface area contributed by atoms with E-state index in [9.17, 15) is 0 Å². The van der Waals surface area contributed by atoms with E-state index in [1.807, 2.05) is 11.8 Å². The Kier molecular flexibility index (Phi) is 7.45. The Labute approximate surface area is 309 Å². The molecule has 1 spiro atoms. The SMILES string of the molecule is c1ccc(-c2cc(-c3ccccc3)cc(N(c3ccccc3)c3ccc4c(c3)Oc3ccccc3[Si]43c4ccccc4Sc4ccccc43)c2)cc1. The van der Waals surface area contributed by atoms with Gasteiger partial charge in [0.25, 0.3) is 0 Å². The van der Waals surface area contributed by atoms with E-state index in [4.69, 9.17) is 4.74 Å². The predicted molar refractivity (Wildman–Crippen MR) is 220 cm³/mol. The molecule has 0 radical (unpaired) electrons. The van der Waals surface area contributed by atoms with Gasteiger partial charge in [0.2, 0.25) is 0 Å². The minimum Gasteiger partial charge on any atom is -0.457 e. The number of rotatable bonds is 5. The Balaban J connectivity index is 1.22. The van der Waals surface area contributed by atoms with E-state index in [1.165, 1.54) is 52.8 Å². The lowest BCUT2D eigenvalue weighted by atomic mass is 9.97.